The van der Waals surface area contributed by atoms with E-state index in [1.807, 2.05) is 4.90 Å². The molecular weight excluding hydrogens is 256 g/mol. The normalized spacial score (nSPS) is 24.4. The van der Waals surface area contributed by atoms with Gasteiger partial charge in [0.1, 0.15) is 0 Å². The van der Waals surface area contributed by atoms with Crippen molar-refractivity contribution >= 4 is 12.0 Å². The lowest BCUT2D eigenvalue weighted by molar-refractivity contribution is -0.141. The molecule has 2 N–H and O–H groups in total. The predicted octanol–water partition coefficient (Wildman–Crippen LogP) is 2.46. The molecule has 2 atom stereocenters. The Balaban J connectivity index is 1.81. The van der Waals surface area contributed by atoms with Crippen LogP contribution in [0, 0.1) is 11.3 Å². The molecule has 1 heterocycles. The number of carboxylic acid groups (broad SMARTS) is 1. The van der Waals surface area contributed by atoms with Gasteiger partial charge in [0.05, 0.1) is 5.92 Å². The average Bonchev–Trinajstić information content (AvgIpc) is 2.86. The lowest BCUT2D eigenvalue weighted by Crippen LogP contribution is -2.50. The van der Waals surface area contributed by atoms with Gasteiger partial charge in [0.15, 0.2) is 0 Å². The summed E-state index contributed by atoms with van der Waals surface area (Å²) in [6.45, 7) is 4.98. The summed E-state index contributed by atoms with van der Waals surface area (Å²) in [7, 11) is 0. The smallest absolute Gasteiger partial charge is 0.317 e. The van der Waals surface area contributed by atoms with E-state index in [-0.39, 0.29) is 12.1 Å². The summed E-state index contributed by atoms with van der Waals surface area (Å²) in [5.41, 5.74) is 0.497. The number of nitrogens with one attached hydrogen (secondary N) is 1. The van der Waals surface area contributed by atoms with E-state index in [2.05, 4.69) is 5.32 Å². The minimum absolute atomic E-state index is 0.113. The minimum Gasteiger partial charge on any atom is -0.481 e. The molecule has 114 valence electrons. The van der Waals surface area contributed by atoms with Crippen LogP contribution in [0.3, 0.4) is 0 Å². The molecule has 0 aromatic heterocycles. The van der Waals surface area contributed by atoms with Crippen LogP contribution >= 0.6 is 0 Å². The number of amides is 2. The van der Waals surface area contributed by atoms with Crippen LogP contribution in [0.25, 0.3) is 0 Å². The first kappa shape index (κ1) is 15.1. The van der Waals surface area contributed by atoms with Gasteiger partial charge < -0.3 is 15.3 Å². The van der Waals surface area contributed by atoms with Gasteiger partial charge in [-0.3, -0.25) is 4.79 Å². The minimum atomic E-state index is -0.874. The first-order chi connectivity index (χ1) is 9.43. The van der Waals surface area contributed by atoms with Gasteiger partial charge in [0, 0.05) is 19.1 Å². The van der Waals surface area contributed by atoms with Crippen molar-refractivity contribution < 1.29 is 14.7 Å². The third-order valence-corrected chi connectivity index (χ3v) is 5.27. The lowest BCUT2D eigenvalue weighted by atomic mass is 9.77. The van der Waals surface area contributed by atoms with Crippen LogP contribution in [-0.4, -0.2) is 41.1 Å². The van der Waals surface area contributed by atoms with E-state index in [1.165, 1.54) is 25.7 Å². The molecule has 2 unspecified atom stereocenters. The number of aliphatic carboxylic acids is 1. The number of carboxylic acids is 1. The molecule has 0 radical (unpaired) electrons. The van der Waals surface area contributed by atoms with E-state index in [1.54, 1.807) is 13.8 Å². The molecule has 5 heteroatoms. The number of carbonyl (C=O) groups excluding carboxylic acids is 1. The van der Waals surface area contributed by atoms with Gasteiger partial charge >= 0.3 is 12.0 Å². The van der Waals surface area contributed by atoms with Crippen molar-refractivity contribution in [3.05, 3.63) is 0 Å². The standard InChI is InChI=1S/C15H26N2O3/c1-11(13(18)19)12(2)16-14(20)17-9-7-15(8-10-17)5-3-4-6-15/h11-12H,3-10H2,1-2H3,(H,16,20)(H,18,19). The van der Waals surface area contributed by atoms with Gasteiger partial charge in [0.25, 0.3) is 0 Å². The van der Waals surface area contributed by atoms with Gasteiger partial charge in [-0.2, -0.15) is 0 Å². The Morgan fingerprint density at radius 1 is 1.10 bits per heavy atom. The maximum Gasteiger partial charge on any atom is 0.317 e. The number of rotatable bonds is 3. The number of carbonyl (C=O) groups is 2. The summed E-state index contributed by atoms with van der Waals surface area (Å²) >= 11 is 0. The summed E-state index contributed by atoms with van der Waals surface area (Å²) in [4.78, 5) is 24.9. The Bertz CT molecular complexity index is 367. The third-order valence-electron chi connectivity index (χ3n) is 5.27. The zero-order valence-electron chi connectivity index (χ0n) is 12.5. The van der Waals surface area contributed by atoms with Crippen LogP contribution in [0.5, 0.6) is 0 Å². The molecule has 1 saturated carbocycles. The third kappa shape index (κ3) is 3.25. The van der Waals surface area contributed by atoms with Crippen molar-refractivity contribution in [2.45, 2.75) is 58.4 Å². The van der Waals surface area contributed by atoms with Crippen LogP contribution in [0.2, 0.25) is 0 Å². The summed E-state index contributed by atoms with van der Waals surface area (Å²) < 4.78 is 0. The SMILES string of the molecule is CC(NC(=O)N1CCC2(CCCC2)CC1)C(C)C(=O)O. The molecule has 1 spiro atoms. The lowest BCUT2D eigenvalue weighted by Gasteiger charge is -2.39. The van der Waals surface area contributed by atoms with Crippen molar-refractivity contribution in [3.8, 4) is 0 Å². The molecule has 0 aromatic rings. The van der Waals surface area contributed by atoms with E-state index in [0.717, 1.165) is 25.9 Å². The first-order valence-corrected chi connectivity index (χ1v) is 7.72. The largest absolute Gasteiger partial charge is 0.481 e. The first-order valence-electron chi connectivity index (χ1n) is 7.72. The van der Waals surface area contributed by atoms with E-state index in [9.17, 15) is 9.59 Å². The molecule has 2 fully saturated rings. The van der Waals surface area contributed by atoms with Gasteiger partial charge in [-0.1, -0.05) is 12.8 Å². The van der Waals surface area contributed by atoms with Crippen LogP contribution in [0.4, 0.5) is 4.79 Å². The number of urea groups is 1. The zero-order valence-corrected chi connectivity index (χ0v) is 12.5. The Labute approximate surface area is 120 Å². The number of likely N-dealkylation sites (tertiary alicyclic amines) is 1. The van der Waals surface area contributed by atoms with Crippen molar-refractivity contribution in [2.24, 2.45) is 11.3 Å². The van der Waals surface area contributed by atoms with Gasteiger partial charge in [-0.25, -0.2) is 4.79 Å². The highest BCUT2D eigenvalue weighted by Gasteiger charge is 2.38. The molecule has 1 aliphatic heterocycles. The molecule has 5 nitrogen and oxygen atoms in total. The van der Waals surface area contributed by atoms with E-state index >= 15 is 0 Å². The number of piperidine rings is 1. The van der Waals surface area contributed by atoms with Crippen LogP contribution in [0.1, 0.15) is 52.4 Å². The fourth-order valence-corrected chi connectivity index (χ4v) is 3.43. The second-order valence-corrected chi connectivity index (χ2v) is 6.56. The molecule has 0 aromatic carbocycles. The van der Waals surface area contributed by atoms with Crippen molar-refractivity contribution in [3.63, 3.8) is 0 Å². The topological polar surface area (TPSA) is 69.6 Å². The van der Waals surface area contributed by atoms with Crippen molar-refractivity contribution in [2.75, 3.05) is 13.1 Å². The number of nitrogens with zero attached hydrogens (tertiary/aromatic N) is 1. The summed E-state index contributed by atoms with van der Waals surface area (Å²) in [6, 6.07) is -0.458. The zero-order chi connectivity index (χ0) is 14.8. The molecule has 2 amide bonds. The van der Waals surface area contributed by atoms with Gasteiger partial charge in [-0.05, 0) is 44.9 Å². The maximum absolute atomic E-state index is 12.2. The van der Waals surface area contributed by atoms with Crippen LogP contribution in [0.15, 0.2) is 0 Å². The van der Waals surface area contributed by atoms with Crippen LogP contribution < -0.4 is 5.32 Å². The predicted molar refractivity (Wildman–Crippen MR) is 76.5 cm³/mol. The molecule has 20 heavy (non-hydrogen) atoms. The molecule has 2 rings (SSSR count). The summed E-state index contributed by atoms with van der Waals surface area (Å²) in [6.07, 6.45) is 7.50. The Kier molecular flexibility index (Phi) is 4.55. The Morgan fingerprint density at radius 3 is 2.15 bits per heavy atom. The summed E-state index contributed by atoms with van der Waals surface area (Å²) in [5, 5.41) is 11.8. The van der Waals surface area contributed by atoms with Crippen molar-refractivity contribution in [1.29, 1.82) is 0 Å². The second kappa shape index (κ2) is 6.02. The quantitative estimate of drug-likeness (QED) is 0.835. The fourth-order valence-electron chi connectivity index (χ4n) is 3.43. The molecule has 1 aliphatic carbocycles. The highest BCUT2D eigenvalue weighted by Crippen LogP contribution is 2.46. The molecular formula is C15H26N2O3. The average molecular weight is 282 g/mol. The highest BCUT2D eigenvalue weighted by atomic mass is 16.4. The van der Waals surface area contributed by atoms with E-state index < -0.39 is 11.9 Å². The molecule has 0 bridgehead atoms. The van der Waals surface area contributed by atoms with Crippen molar-refractivity contribution in [1.82, 2.24) is 10.2 Å². The number of hydrogen-bond donors (Lipinski definition) is 2. The Hall–Kier alpha value is -1.26. The Morgan fingerprint density at radius 2 is 1.65 bits per heavy atom. The van der Waals surface area contributed by atoms with Crippen LogP contribution in [-0.2, 0) is 4.79 Å². The fraction of sp³-hybridized carbons (Fsp3) is 0.867. The second-order valence-electron chi connectivity index (χ2n) is 6.56. The van der Waals surface area contributed by atoms with E-state index in [0.29, 0.717) is 5.41 Å². The number of hydrogen-bond acceptors (Lipinski definition) is 2. The summed E-state index contributed by atoms with van der Waals surface area (Å²) in [5.74, 6) is -1.44. The van der Waals surface area contributed by atoms with Gasteiger partial charge in [0.2, 0.25) is 0 Å². The monoisotopic (exact) mass is 282 g/mol. The highest BCUT2D eigenvalue weighted by molar-refractivity contribution is 5.76. The van der Waals surface area contributed by atoms with E-state index in [4.69, 9.17) is 5.11 Å². The van der Waals surface area contributed by atoms with Gasteiger partial charge in [-0.15, -0.1) is 0 Å². The molecule has 1 saturated heterocycles. The molecule has 2 aliphatic rings. The maximum atomic E-state index is 12.2.